The summed E-state index contributed by atoms with van der Waals surface area (Å²) in [6.45, 7) is 3.93. The number of hydrogen-bond donors (Lipinski definition) is 1. The first-order chi connectivity index (χ1) is 12.2. The zero-order chi connectivity index (χ0) is 17.5. The Morgan fingerprint density at radius 2 is 1.96 bits per heavy atom. The van der Waals surface area contributed by atoms with Crippen molar-refractivity contribution in [3.05, 3.63) is 28.7 Å². The molecular formula is C20H29BrN2O2. The van der Waals surface area contributed by atoms with Gasteiger partial charge in [-0.2, -0.15) is 0 Å². The van der Waals surface area contributed by atoms with Gasteiger partial charge in [-0.3, -0.25) is 4.79 Å². The molecule has 1 saturated heterocycles. The first kappa shape index (κ1) is 18.7. The van der Waals surface area contributed by atoms with Crippen LogP contribution < -0.4 is 10.1 Å². The van der Waals surface area contributed by atoms with Crippen LogP contribution in [0.4, 0.5) is 0 Å². The van der Waals surface area contributed by atoms with E-state index >= 15 is 0 Å². The van der Waals surface area contributed by atoms with Crippen molar-refractivity contribution in [3.8, 4) is 5.75 Å². The van der Waals surface area contributed by atoms with Crippen LogP contribution in [0.5, 0.6) is 5.75 Å². The molecule has 1 heterocycles. The van der Waals surface area contributed by atoms with Crippen molar-refractivity contribution in [1.29, 1.82) is 0 Å². The van der Waals surface area contributed by atoms with E-state index in [1.807, 2.05) is 24.3 Å². The van der Waals surface area contributed by atoms with Gasteiger partial charge in [-0.25, -0.2) is 0 Å². The van der Waals surface area contributed by atoms with E-state index in [-0.39, 0.29) is 5.91 Å². The molecule has 0 unspecified atom stereocenters. The van der Waals surface area contributed by atoms with Crippen molar-refractivity contribution in [1.82, 2.24) is 10.2 Å². The maximum absolute atomic E-state index is 12.1. The lowest BCUT2D eigenvalue weighted by molar-refractivity contribution is -0.122. The Bertz CT molecular complexity index is 552. The van der Waals surface area contributed by atoms with E-state index in [1.165, 1.54) is 32.2 Å². The number of carbonyl (C=O) groups excluding carboxylic acids is 1. The fourth-order valence-corrected chi connectivity index (χ4v) is 4.31. The van der Waals surface area contributed by atoms with Crippen LogP contribution in [0.1, 0.15) is 44.9 Å². The topological polar surface area (TPSA) is 41.6 Å². The summed E-state index contributed by atoms with van der Waals surface area (Å²) in [6, 6.07) is 8.04. The lowest BCUT2D eigenvalue weighted by atomic mass is 10.0. The van der Waals surface area contributed by atoms with Gasteiger partial charge < -0.3 is 15.0 Å². The van der Waals surface area contributed by atoms with Gasteiger partial charge in [0.25, 0.3) is 0 Å². The number of amides is 1. The lowest BCUT2D eigenvalue weighted by Gasteiger charge is -2.33. The van der Waals surface area contributed by atoms with Gasteiger partial charge in [0.05, 0.1) is 13.0 Å². The summed E-state index contributed by atoms with van der Waals surface area (Å²) >= 11 is 3.42. The van der Waals surface area contributed by atoms with Gasteiger partial charge in [0, 0.05) is 30.1 Å². The molecule has 0 atom stereocenters. The molecule has 1 aromatic rings. The summed E-state index contributed by atoms with van der Waals surface area (Å²) in [6.07, 6.45) is 8.21. The molecule has 1 amide bonds. The second-order valence-electron chi connectivity index (χ2n) is 7.35. The summed E-state index contributed by atoms with van der Waals surface area (Å²) in [5.74, 6) is 1.81. The quantitative estimate of drug-likeness (QED) is 0.741. The summed E-state index contributed by atoms with van der Waals surface area (Å²) in [4.78, 5) is 14.7. The Hall–Kier alpha value is -1.07. The van der Waals surface area contributed by atoms with Crippen LogP contribution in [-0.4, -0.2) is 43.1 Å². The van der Waals surface area contributed by atoms with Crippen molar-refractivity contribution < 1.29 is 9.53 Å². The van der Waals surface area contributed by atoms with E-state index in [2.05, 4.69) is 26.1 Å². The summed E-state index contributed by atoms with van der Waals surface area (Å²) in [7, 11) is 0. The minimum absolute atomic E-state index is 0.101. The minimum Gasteiger partial charge on any atom is -0.493 e. The van der Waals surface area contributed by atoms with Gasteiger partial charge in [-0.15, -0.1) is 0 Å². The summed E-state index contributed by atoms with van der Waals surface area (Å²) < 4.78 is 6.62. The molecular weight excluding hydrogens is 380 g/mol. The summed E-state index contributed by atoms with van der Waals surface area (Å²) in [5, 5.41) is 3.18. The smallest absolute Gasteiger partial charge is 0.223 e. The van der Waals surface area contributed by atoms with Gasteiger partial charge in [0.15, 0.2) is 0 Å². The Morgan fingerprint density at radius 1 is 1.20 bits per heavy atom. The molecule has 1 N–H and O–H groups in total. The van der Waals surface area contributed by atoms with Gasteiger partial charge in [-0.1, -0.05) is 34.8 Å². The Kier molecular flexibility index (Phi) is 7.17. The zero-order valence-corrected chi connectivity index (χ0v) is 16.5. The maximum atomic E-state index is 12.1. The maximum Gasteiger partial charge on any atom is 0.223 e. The first-order valence-electron chi connectivity index (χ1n) is 9.59. The summed E-state index contributed by atoms with van der Waals surface area (Å²) in [5.41, 5.74) is 0. The largest absolute Gasteiger partial charge is 0.493 e. The molecule has 0 bridgehead atoms. The minimum atomic E-state index is 0.101. The number of rotatable bonds is 7. The van der Waals surface area contributed by atoms with Crippen LogP contribution in [0.15, 0.2) is 28.7 Å². The van der Waals surface area contributed by atoms with E-state index in [0.29, 0.717) is 19.1 Å². The highest BCUT2D eigenvalue weighted by Crippen LogP contribution is 2.26. The molecule has 0 radical (unpaired) electrons. The second kappa shape index (κ2) is 9.58. The average Bonchev–Trinajstić information content (AvgIpc) is 3.10. The molecule has 0 spiro atoms. The average molecular weight is 409 g/mol. The molecule has 1 aliphatic carbocycles. The van der Waals surface area contributed by atoms with Crippen LogP contribution >= 0.6 is 15.9 Å². The predicted molar refractivity (Wildman–Crippen MR) is 104 cm³/mol. The molecule has 2 fully saturated rings. The predicted octanol–water partition coefficient (Wildman–Crippen LogP) is 3.99. The normalized spacial score (nSPS) is 19.9. The van der Waals surface area contributed by atoms with Crippen LogP contribution in [0.2, 0.25) is 0 Å². The highest BCUT2D eigenvalue weighted by molar-refractivity contribution is 9.10. The third-order valence-corrected chi connectivity index (χ3v) is 5.83. The van der Waals surface area contributed by atoms with E-state index in [4.69, 9.17) is 4.74 Å². The zero-order valence-electron chi connectivity index (χ0n) is 14.9. The van der Waals surface area contributed by atoms with Crippen molar-refractivity contribution >= 4 is 21.8 Å². The highest BCUT2D eigenvalue weighted by atomic mass is 79.9. The molecule has 1 aliphatic heterocycles. The van der Waals surface area contributed by atoms with Crippen molar-refractivity contribution in [2.24, 2.45) is 5.92 Å². The number of carbonyl (C=O) groups is 1. The lowest BCUT2D eigenvalue weighted by Crippen LogP contribution is -2.45. The van der Waals surface area contributed by atoms with Crippen molar-refractivity contribution in [3.63, 3.8) is 0 Å². The van der Waals surface area contributed by atoms with Crippen LogP contribution in [-0.2, 0) is 4.79 Å². The fourth-order valence-electron chi connectivity index (χ4n) is 3.94. The fraction of sp³-hybridized carbons (Fsp3) is 0.650. The molecule has 1 saturated carbocycles. The van der Waals surface area contributed by atoms with Crippen LogP contribution in [0.3, 0.4) is 0 Å². The number of piperidine rings is 1. The number of nitrogens with one attached hydrogen (secondary N) is 1. The van der Waals surface area contributed by atoms with Gasteiger partial charge in [0.2, 0.25) is 5.91 Å². The van der Waals surface area contributed by atoms with E-state index in [9.17, 15) is 4.79 Å². The Labute approximate surface area is 159 Å². The first-order valence-corrected chi connectivity index (χ1v) is 10.4. The van der Waals surface area contributed by atoms with Crippen LogP contribution in [0, 0.1) is 5.92 Å². The second-order valence-corrected chi connectivity index (χ2v) is 8.26. The monoisotopic (exact) mass is 408 g/mol. The molecule has 2 aliphatic rings. The number of ether oxygens (including phenoxy) is 1. The van der Waals surface area contributed by atoms with E-state index in [0.717, 1.165) is 42.1 Å². The SMILES string of the molecule is O=C(CCOc1cccc(Br)c1)NC1CCN(CC2CCCC2)CC1. The Morgan fingerprint density at radius 3 is 2.68 bits per heavy atom. The molecule has 138 valence electrons. The molecule has 1 aromatic carbocycles. The standard InChI is InChI=1S/C20H29BrN2O2/c21-17-6-3-7-19(14-17)25-13-10-20(24)22-18-8-11-23(12-9-18)15-16-4-1-2-5-16/h3,6-7,14,16,18H,1-2,4-5,8-13,15H2,(H,22,24). The number of likely N-dealkylation sites (tertiary alicyclic amines) is 1. The van der Waals surface area contributed by atoms with Crippen molar-refractivity contribution in [2.75, 3.05) is 26.2 Å². The van der Waals surface area contributed by atoms with E-state index < -0.39 is 0 Å². The number of halogens is 1. The third-order valence-electron chi connectivity index (χ3n) is 5.34. The number of benzene rings is 1. The number of nitrogens with zero attached hydrogens (tertiary/aromatic N) is 1. The van der Waals surface area contributed by atoms with Crippen LogP contribution in [0.25, 0.3) is 0 Å². The molecule has 5 heteroatoms. The number of hydrogen-bond acceptors (Lipinski definition) is 3. The van der Waals surface area contributed by atoms with Crippen molar-refractivity contribution in [2.45, 2.75) is 51.0 Å². The molecule has 4 nitrogen and oxygen atoms in total. The van der Waals surface area contributed by atoms with Gasteiger partial charge in [-0.05, 0) is 49.8 Å². The highest BCUT2D eigenvalue weighted by Gasteiger charge is 2.24. The van der Waals surface area contributed by atoms with Gasteiger partial charge >= 0.3 is 0 Å². The molecule has 25 heavy (non-hydrogen) atoms. The molecule has 3 rings (SSSR count). The molecule has 0 aromatic heterocycles. The van der Waals surface area contributed by atoms with Gasteiger partial charge in [0.1, 0.15) is 5.75 Å². The Balaban J connectivity index is 1.29. The van der Waals surface area contributed by atoms with E-state index in [1.54, 1.807) is 0 Å². The third kappa shape index (κ3) is 6.30.